The number of methoxy groups -OCH3 is 1. The summed E-state index contributed by atoms with van der Waals surface area (Å²) in [5.41, 5.74) is 0.949. The van der Waals surface area contributed by atoms with Crippen molar-refractivity contribution in [2.75, 3.05) is 13.7 Å². The van der Waals surface area contributed by atoms with Crippen molar-refractivity contribution in [2.45, 2.75) is 12.8 Å². The second kappa shape index (κ2) is 7.83. The molecular weight excluding hydrogens is 400 g/mol. The van der Waals surface area contributed by atoms with E-state index in [4.69, 9.17) is 9.47 Å². The number of halogens is 1. The number of aromatic hydroxyl groups is 2. The van der Waals surface area contributed by atoms with Gasteiger partial charge in [0.15, 0.2) is 17.3 Å². The topological polar surface area (TPSA) is 76.0 Å². The van der Waals surface area contributed by atoms with Crippen molar-refractivity contribution in [3.8, 4) is 23.0 Å². The lowest BCUT2D eigenvalue weighted by molar-refractivity contribution is 0.104. The summed E-state index contributed by atoms with van der Waals surface area (Å²) < 4.78 is 11.4. The predicted octanol–water partition coefficient (Wildman–Crippen LogP) is 4.55. The highest BCUT2D eigenvalue weighted by Gasteiger charge is 2.22. The van der Waals surface area contributed by atoms with E-state index in [1.807, 2.05) is 12.1 Å². The summed E-state index contributed by atoms with van der Waals surface area (Å²) in [6, 6.07) is 7.91. The minimum Gasteiger partial charge on any atom is -0.508 e. The van der Waals surface area contributed by atoms with E-state index in [-0.39, 0.29) is 27.3 Å². The Labute approximate surface area is 160 Å². The number of phenols is 2. The van der Waals surface area contributed by atoms with Crippen molar-refractivity contribution in [3.05, 3.63) is 52.0 Å². The molecule has 1 saturated carbocycles. The highest BCUT2D eigenvalue weighted by atomic mass is 79.9. The molecule has 2 aromatic carbocycles. The number of rotatable bonds is 7. The summed E-state index contributed by atoms with van der Waals surface area (Å²) in [7, 11) is 1.57. The number of hydrogen-bond acceptors (Lipinski definition) is 5. The molecule has 0 amide bonds. The third-order valence-corrected chi connectivity index (χ3v) is 4.92. The maximum Gasteiger partial charge on any atom is 0.187 e. The maximum atomic E-state index is 12.4. The molecule has 1 aliphatic carbocycles. The predicted molar refractivity (Wildman–Crippen MR) is 102 cm³/mol. The van der Waals surface area contributed by atoms with Gasteiger partial charge in [0.25, 0.3) is 0 Å². The van der Waals surface area contributed by atoms with Crippen LogP contribution in [0.2, 0.25) is 0 Å². The van der Waals surface area contributed by atoms with Crippen molar-refractivity contribution in [3.63, 3.8) is 0 Å². The summed E-state index contributed by atoms with van der Waals surface area (Å²) >= 11 is 3.16. The van der Waals surface area contributed by atoms with Gasteiger partial charge in [-0.1, -0.05) is 12.1 Å². The fourth-order valence-electron chi connectivity index (χ4n) is 2.43. The molecule has 5 nitrogen and oxygen atoms in total. The molecule has 6 heteroatoms. The second-order valence-electron chi connectivity index (χ2n) is 6.19. The molecule has 0 aromatic heterocycles. The Hall–Kier alpha value is -2.47. The molecule has 26 heavy (non-hydrogen) atoms. The fourth-order valence-corrected chi connectivity index (χ4v) is 2.86. The zero-order valence-corrected chi connectivity index (χ0v) is 15.8. The number of ether oxygens (including phenoxy) is 2. The molecule has 2 N–H and O–H groups in total. The normalized spacial score (nSPS) is 13.8. The molecular formula is C20H19BrO5. The van der Waals surface area contributed by atoms with E-state index in [0.29, 0.717) is 24.0 Å². The minimum absolute atomic E-state index is 0.176. The largest absolute Gasteiger partial charge is 0.508 e. The molecule has 0 bridgehead atoms. The average Bonchev–Trinajstić information content (AvgIpc) is 3.45. The van der Waals surface area contributed by atoms with Crippen LogP contribution in [0.15, 0.2) is 40.9 Å². The Bertz CT molecular complexity index is 856. The number of carbonyl (C=O) groups is 1. The van der Waals surface area contributed by atoms with Crippen molar-refractivity contribution in [1.29, 1.82) is 0 Å². The average molecular weight is 419 g/mol. The van der Waals surface area contributed by atoms with Crippen LogP contribution in [-0.4, -0.2) is 29.7 Å². The van der Waals surface area contributed by atoms with Crippen LogP contribution in [0.5, 0.6) is 23.0 Å². The molecule has 0 radical (unpaired) electrons. The van der Waals surface area contributed by atoms with Crippen molar-refractivity contribution in [2.24, 2.45) is 5.92 Å². The lowest BCUT2D eigenvalue weighted by Crippen LogP contribution is -2.01. The Morgan fingerprint density at radius 2 is 2.00 bits per heavy atom. The monoisotopic (exact) mass is 418 g/mol. The molecule has 0 atom stereocenters. The van der Waals surface area contributed by atoms with Gasteiger partial charge in [-0.25, -0.2) is 0 Å². The summed E-state index contributed by atoms with van der Waals surface area (Å²) in [6.45, 7) is 0.694. The minimum atomic E-state index is -0.351. The number of allylic oxidation sites excluding steroid dienone is 1. The Morgan fingerprint density at radius 1 is 1.23 bits per heavy atom. The lowest BCUT2D eigenvalue weighted by Gasteiger charge is -2.11. The first kappa shape index (κ1) is 18.3. The molecule has 0 heterocycles. The zero-order valence-electron chi connectivity index (χ0n) is 14.2. The SMILES string of the molecule is COc1cc(/C=C/C(=O)c2cc(O)cc(O)c2Br)ccc1OCC1CC1. The van der Waals surface area contributed by atoms with Crippen LogP contribution in [0.25, 0.3) is 6.08 Å². The van der Waals surface area contributed by atoms with Gasteiger partial charge in [-0.3, -0.25) is 4.79 Å². The first-order valence-electron chi connectivity index (χ1n) is 8.22. The summed E-state index contributed by atoms with van der Waals surface area (Å²) in [4.78, 5) is 12.4. The summed E-state index contributed by atoms with van der Waals surface area (Å²) in [6.07, 6.45) is 5.44. The van der Waals surface area contributed by atoms with E-state index in [1.165, 1.54) is 25.0 Å². The van der Waals surface area contributed by atoms with Crippen molar-refractivity contribution in [1.82, 2.24) is 0 Å². The van der Waals surface area contributed by atoms with E-state index in [0.717, 1.165) is 11.6 Å². The van der Waals surface area contributed by atoms with E-state index >= 15 is 0 Å². The van der Waals surface area contributed by atoms with E-state index in [2.05, 4.69) is 15.9 Å². The number of ketones is 1. The van der Waals surface area contributed by atoms with Crippen LogP contribution in [0.1, 0.15) is 28.8 Å². The molecule has 0 spiro atoms. The molecule has 1 aliphatic rings. The van der Waals surface area contributed by atoms with Crippen LogP contribution in [0.4, 0.5) is 0 Å². The smallest absolute Gasteiger partial charge is 0.187 e. The van der Waals surface area contributed by atoms with Gasteiger partial charge in [-0.2, -0.15) is 0 Å². The Morgan fingerprint density at radius 3 is 2.69 bits per heavy atom. The Kier molecular flexibility index (Phi) is 5.52. The molecule has 0 unspecified atom stereocenters. The number of hydrogen-bond donors (Lipinski definition) is 2. The van der Waals surface area contributed by atoms with Crippen LogP contribution < -0.4 is 9.47 Å². The first-order valence-corrected chi connectivity index (χ1v) is 9.02. The molecule has 1 fully saturated rings. The number of benzene rings is 2. The van der Waals surface area contributed by atoms with Gasteiger partial charge in [0.1, 0.15) is 11.5 Å². The van der Waals surface area contributed by atoms with E-state index in [1.54, 1.807) is 19.3 Å². The Balaban J connectivity index is 1.76. The zero-order chi connectivity index (χ0) is 18.7. The summed E-state index contributed by atoms with van der Waals surface area (Å²) in [5.74, 6) is 1.21. The molecule has 0 saturated heterocycles. The first-order chi connectivity index (χ1) is 12.5. The molecule has 3 rings (SSSR count). The lowest BCUT2D eigenvalue weighted by atomic mass is 10.1. The van der Waals surface area contributed by atoms with Crippen LogP contribution >= 0.6 is 15.9 Å². The van der Waals surface area contributed by atoms with Crippen molar-refractivity contribution >= 4 is 27.8 Å². The van der Waals surface area contributed by atoms with Gasteiger partial charge in [0.05, 0.1) is 18.2 Å². The highest BCUT2D eigenvalue weighted by Crippen LogP contribution is 2.34. The third-order valence-electron chi connectivity index (χ3n) is 4.09. The van der Waals surface area contributed by atoms with Crippen molar-refractivity contribution < 1.29 is 24.5 Å². The third kappa shape index (κ3) is 4.38. The van der Waals surface area contributed by atoms with Crippen LogP contribution in [-0.2, 0) is 0 Å². The number of phenolic OH excluding ortho intramolecular Hbond substituents is 2. The van der Waals surface area contributed by atoms with Gasteiger partial charge in [-0.15, -0.1) is 0 Å². The van der Waals surface area contributed by atoms with Gasteiger partial charge in [-0.05, 0) is 64.5 Å². The molecule has 136 valence electrons. The second-order valence-corrected chi connectivity index (χ2v) is 6.98. The van der Waals surface area contributed by atoms with Gasteiger partial charge >= 0.3 is 0 Å². The summed E-state index contributed by atoms with van der Waals surface area (Å²) in [5, 5.41) is 19.3. The molecule has 0 aliphatic heterocycles. The van der Waals surface area contributed by atoms with E-state index < -0.39 is 0 Å². The van der Waals surface area contributed by atoms with Gasteiger partial charge in [0, 0.05) is 11.6 Å². The van der Waals surface area contributed by atoms with E-state index in [9.17, 15) is 15.0 Å². The van der Waals surface area contributed by atoms with Crippen LogP contribution in [0, 0.1) is 5.92 Å². The highest BCUT2D eigenvalue weighted by molar-refractivity contribution is 9.10. The van der Waals surface area contributed by atoms with Crippen LogP contribution in [0.3, 0.4) is 0 Å². The standard InChI is InChI=1S/C20H19BrO5/c1-25-19-8-12(5-7-18(19)26-11-13-2-3-13)4-6-16(23)15-9-14(22)10-17(24)20(15)21/h4-10,13,22,24H,2-3,11H2,1H3/b6-4+. The molecule has 2 aromatic rings. The van der Waals surface area contributed by atoms with Gasteiger partial charge in [0.2, 0.25) is 0 Å². The maximum absolute atomic E-state index is 12.4. The fraction of sp³-hybridized carbons (Fsp3) is 0.250. The quantitative estimate of drug-likeness (QED) is 0.509. The van der Waals surface area contributed by atoms with Gasteiger partial charge < -0.3 is 19.7 Å². The number of carbonyl (C=O) groups excluding carboxylic acids is 1.